The van der Waals surface area contributed by atoms with Gasteiger partial charge in [0, 0.05) is 16.0 Å². The summed E-state index contributed by atoms with van der Waals surface area (Å²) in [6.07, 6.45) is 0.993. The summed E-state index contributed by atoms with van der Waals surface area (Å²) in [6.45, 7) is 0.318. The summed E-state index contributed by atoms with van der Waals surface area (Å²) in [5, 5.41) is 9.37. The average molecular weight is 318 g/mol. The van der Waals surface area contributed by atoms with Crippen LogP contribution in [0.1, 0.15) is 16.0 Å². The maximum Gasteiger partial charge on any atom is 0.413 e. The van der Waals surface area contributed by atoms with Gasteiger partial charge in [0.2, 0.25) is 0 Å². The molecule has 1 aliphatic heterocycles. The maximum absolute atomic E-state index is 11.4. The third kappa shape index (κ3) is 2.41. The molecule has 3 rings (SSSR count). The lowest BCUT2D eigenvalue weighted by Crippen LogP contribution is -2.35. The van der Waals surface area contributed by atoms with Crippen molar-refractivity contribution in [1.29, 1.82) is 0 Å². The first-order valence-electron chi connectivity index (χ1n) is 6.34. The Bertz CT molecular complexity index is 723. The quantitative estimate of drug-likeness (QED) is 0.830. The summed E-state index contributed by atoms with van der Waals surface area (Å²) >= 11 is 3.28. The van der Waals surface area contributed by atoms with E-state index >= 15 is 0 Å². The molecule has 21 heavy (non-hydrogen) atoms. The molecule has 2 aromatic rings. The summed E-state index contributed by atoms with van der Waals surface area (Å²) < 4.78 is 1.16. The van der Waals surface area contributed by atoms with Gasteiger partial charge in [-0.3, -0.25) is 4.90 Å². The van der Waals surface area contributed by atoms with E-state index in [9.17, 15) is 9.90 Å². The van der Waals surface area contributed by atoms with Gasteiger partial charge in [0.05, 0.1) is 10.8 Å². The van der Waals surface area contributed by atoms with Crippen molar-refractivity contribution in [3.63, 3.8) is 0 Å². The number of carbonyl (C=O) groups is 1. The third-order valence-corrected chi connectivity index (χ3v) is 5.58. The molecule has 0 radical (unpaired) electrons. The Kier molecular flexibility index (Phi) is 3.65. The van der Waals surface area contributed by atoms with Gasteiger partial charge in [-0.25, -0.2) is 4.79 Å². The molecule has 0 fully saturated rings. The fourth-order valence-electron chi connectivity index (χ4n) is 2.41. The molecule has 1 amide bonds. The average Bonchev–Trinajstić information content (AvgIpc) is 2.90. The lowest BCUT2D eigenvalue weighted by Gasteiger charge is -2.27. The number of thiophene rings is 1. The van der Waals surface area contributed by atoms with Crippen LogP contribution in [0.5, 0.6) is 0 Å². The predicted molar refractivity (Wildman–Crippen MR) is 86.3 cm³/mol. The second kappa shape index (κ2) is 5.46. The van der Waals surface area contributed by atoms with Crippen LogP contribution >= 0.6 is 23.1 Å². The monoisotopic (exact) mass is 318 g/mol. The van der Waals surface area contributed by atoms with Crippen LogP contribution in [0, 0.1) is 0 Å². The minimum atomic E-state index is -1.02. The van der Waals surface area contributed by atoms with Crippen LogP contribution in [0.2, 0.25) is 0 Å². The molecule has 0 spiro atoms. The molecular formula is C15H14N2O2S2. The number of thioether (sulfide) groups is 1. The second-order valence-electron chi connectivity index (χ2n) is 4.60. The zero-order chi connectivity index (χ0) is 15.0. The molecule has 0 bridgehead atoms. The second-order valence-corrected chi connectivity index (χ2v) is 6.84. The van der Waals surface area contributed by atoms with Gasteiger partial charge in [0.1, 0.15) is 5.82 Å². The molecule has 3 N–H and O–H groups in total. The first kappa shape index (κ1) is 14.0. The van der Waals surface area contributed by atoms with Crippen molar-refractivity contribution in [3.05, 3.63) is 58.2 Å². The Hall–Kier alpha value is -1.92. The Labute approximate surface area is 130 Å². The molecule has 0 saturated carbocycles. The Morgan fingerprint density at radius 2 is 2.10 bits per heavy atom. The number of carboxylic acid groups (broad SMARTS) is 1. The fourth-order valence-corrected chi connectivity index (χ4v) is 4.17. The number of rotatable bonds is 2. The SMILES string of the molecule is CSc1cc2c(s1)CN(C(=O)O)C(N)=C2c1ccccc1. The summed E-state index contributed by atoms with van der Waals surface area (Å²) in [5.41, 5.74) is 8.93. The van der Waals surface area contributed by atoms with E-state index in [1.165, 1.54) is 4.90 Å². The van der Waals surface area contributed by atoms with E-state index in [0.29, 0.717) is 12.4 Å². The molecule has 0 saturated heterocycles. The van der Waals surface area contributed by atoms with Crippen LogP contribution in [0.3, 0.4) is 0 Å². The van der Waals surface area contributed by atoms with E-state index in [2.05, 4.69) is 6.07 Å². The van der Waals surface area contributed by atoms with E-state index in [1.54, 1.807) is 23.1 Å². The molecule has 0 atom stereocenters. The van der Waals surface area contributed by atoms with Crippen LogP contribution in [0.4, 0.5) is 4.79 Å². The topological polar surface area (TPSA) is 66.6 Å². The first-order chi connectivity index (χ1) is 10.1. The summed E-state index contributed by atoms with van der Waals surface area (Å²) in [6, 6.07) is 11.8. The standard InChI is InChI=1S/C15H14N2O2S2/c1-20-12-7-10-11(21-12)8-17(15(18)19)14(16)13(10)9-5-3-2-4-6-9/h2-7H,8,16H2,1H3,(H,18,19). The van der Waals surface area contributed by atoms with Crippen LogP contribution in [0.15, 0.2) is 46.4 Å². The summed E-state index contributed by atoms with van der Waals surface area (Å²) in [7, 11) is 0. The number of benzene rings is 1. The van der Waals surface area contributed by atoms with Gasteiger partial charge < -0.3 is 10.8 Å². The third-order valence-electron chi connectivity index (χ3n) is 3.40. The van der Waals surface area contributed by atoms with Crippen LogP contribution in [-0.4, -0.2) is 22.4 Å². The highest BCUT2D eigenvalue weighted by molar-refractivity contribution is 8.00. The number of nitrogens with two attached hydrogens (primary N) is 1. The van der Waals surface area contributed by atoms with Gasteiger partial charge in [0.15, 0.2) is 0 Å². The largest absolute Gasteiger partial charge is 0.465 e. The number of hydrogen-bond donors (Lipinski definition) is 2. The molecule has 1 aliphatic rings. The molecule has 2 heterocycles. The van der Waals surface area contributed by atoms with Crippen molar-refractivity contribution in [2.45, 2.75) is 10.8 Å². The van der Waals surface area contributed by atoms with Crippen LogP contribution in [-0.2, 0) is 6.54 Å². The smallest absolute Gasteiger partial charge is 0.413 e. The van der Waals surface area contributed by atoms with Crippen molar-refractivity contribution in [2.75, 3.05) is 6.26 Å². The molecule has 4 nitrogen and oxygen atoms in total. The van der Waals surface area contributed by atoms with E-state index in [4.69, 9.17) is 5.73 Å². The van der Waals surface area contributed by atoms with Gasteiger partial charge in [-0.05, 0) is 17.9 Å². The highest BCUT2D eigenvalue weighted by Crippen LogP contribution is 2.41. The van der Waals surface area contributed by atoms with Crippen molar-refractivity contribution >= 4 is 34.8 Å². The van der Waals surface area contributed by atoms with Crippen LogP contribution in [0.25, 0.3) is 5.57 Å². The first-order valence-corrected chi connectivity index (χ1v) is 8.38. The van der Waals surface area contributed by atoms with E-state index in [-0.39, 0.29) is 0 Å². The summed E-state index contributed by atoms with van der Waals surface area (Å²) in [5.74, 6) is 0.298. The van der Waals surface area contributed by atoms with Crippen molar-refractivity contribution in [1.82, 2.24) is 4.90 Å². The van der Waals surface area contributed by atoms with Crippen LogP contribution < -0.4 is 5.73 Å². The predicted octanol–water partition coefficient (Wildman–Crippen LogP) is 3.64. The Morgan fingerprint density at radius 3 is 2.71 bits per heavy atom. The van der Waals surface area contributed by atoms with E-state index < -0.39 is 6.09 Å². The lowest BCUT2D eigenvalue weighted by atomic mass is 9.95. The van der Waals surface area contributed by atoms with Gasteiger partial charge in [-0.1, -0.05) is 30.3 Å². The number of fused-ring (bicyclic) bond motifs is 1. The lowest BCUT2D eigenvalue weighted by molar-refractivity contribution is 0.155. The maximum atomic E-state index is 11.4. The van der Waals surface area contributed by atoms with Gasteiger partial charge in [-0.15, -0.1) is 23.1 Å². The minimum Gasteiger partial charge on any atom is -0.465 e. The molecule has 108 valence electrons. The Morgan fingerprint density at radius 1 is 1.38 bits per heavy atom. The van der Waals surface area contributed by atoms with Crippen molar-refractivity contribution in [2.24, 2.45) is 5.73 Å². The molecule has 1 aromatic heterocycles. The zero-order valence-corrected chi connectivity index (χ0v) is 13.0. The van der Waals surface area contributed by atoms with E-state index in [0.717, 1.165) is 25.8 Å². The van der Waals surface area contributed by atoms with Gasteiger partial charge >= 0.3 is 6.09 Å². The van der Waals surface area contributed by atoms with Gasteiger partial charge in [-0.2, -0.15) is 0 Å². The molecule has 1 aromatic carbocycles. The highest BCUT2D eigenvalue weighted by atomic mass is 32.2. The molecule has 0 unspecified atom stereocenters. The van der Waals surface area contributed by atoms with Crippen molar-refractivity contribution in [3.8, 4) is 0 Å². The summed E-state index contributed by atoms with van der Waals surface area (Å²) in [4.78, 5) is 13.7. The molecular weight excluding hydrogens is 304 g/mol. The highest BCUT2D eigenvalue weighted by Gasteiger charge is 2.29. The number of hydrogen-bond acceptors (Lipinski definition) is 4. The normalized spacial score (nSPS) is 14.2. The zero-order valence-electron chi connectivity index (χ0n) is 11.4. The minimum absolute atomic E-state index is 0.298. The fraction of sp³-hybridized carbons (Fsp3) is 0.133. The molecule has 0 aliphatic carbocycles. The van der Waals surface area contributed by atoms with E-state index in [1.807, 2.05) is 36.6 Å². The molecule has 6 heteroatoms. The number of nitrogens with zero attached hydrogens (tertiary/aromatic N) is 1. The van der Waals surface area contributed by atoms with Gasteiger partial charge in [0.25, 0.3) is 0 Å². The van der Waals surface area contributed by atoms with Crippen molar-refractivity contribution < 1.29 is 9.90 Å². The number of amides is 1. The Balaban J connectivity index is 2.22.